The zero-order valence-electron chi connectivity index (χ0n) is 13.4. The molecular weight excluding hydrogens is 242 g/mol. The third-order valence-electron chi connectivity index (χ3n) is 5.13. The van der Waals surface area contributed by atoms with Gasteiger partial charge in [0.1, 0.15) is 0 Å². The van der Waals surface area contributed by atoms with Crippen molar-refractivity contribution < 1.29 is 0 Å². The minimum Gasteiger partial charge on any atom is -0.330 e. The molecule has 1 aliphatic carbocycles. The average Bonchev–Trinajstić information content (AvgIpc) is 2.47. The molecule has 0 aliphatic heterocycles. The van der Waals surface area contributed by atoms with Gasteiger partial charge in [0.05, 0.1) is 0 Å². The Hall–Kier alpha value is -0.820. The van der Waals surface area contributed by atoms with Crippen molar-refractivity contribution in [3.8, 4) is 0 Å². The summed E-state index contributed by atoms with van der Waals surface area (Å²) in [5.74, 6) is 2.91. The summed E-state index contributed by atoms with van der Waals surface area (Å²) in [5, 5.41) is 0. The Morgan fingerprint density at radius 1 is 1.15 bits per heavy atom. The molecule has 0 bridgehead atoms. The molecule has 2 N–H and O–H groups in total. The Morgan fingerprint density at radius 3 is 2.40 bits per heavy atom. The van der Waals surface area contributed by atoms with Crippen LogP contribution < -0.4 is 5.73 Å². The number of hydrogen-bond donors (Lipinski definition) is 1. The molecule has 1 aromatic rings. The van der Waals surface area contributed by atoms with Gasteiger partial charge in [-0.1, -0.05) is 64.3 Å². The summed E-state index contributed by atoms with van der Waals surface area (Å²) >= 11 is 0. The average molecular weight is 273 g/mol. The molecule has 0 radical (unpaired) electrons. The van der Waals surface area contributed by atoms with E-state index >= 15 is 0 Å². The van der Waals surface area contributed by atoms with Gasteiger partial charge in [0.25, 0.3) is 0 Å². The zero-order valence-corrected chi connectivity index (χ0v) is 13.4. The molecule has 0 saturated heterocycles. The van der Waals surface area contributed by atoms with Crippen LogP contribution in [0.25, 0.3) is 0 Å². The van der Waals surface area contributed by atoms with Crippen molar-refractivity contribution in [2.45, 2.75) is 64.7 Å². The molecule has 3 atom stereocenters. The lowest BCUT2D eigenvalue weighted by molar-refractivity contribution is 0.230. The predicted octanol–water partition coefficient (Wildman–Crippen LogP) is 5.07. The van der Waals surface area contributed by atoms with Gasteiger partial charge in [0.15, 0.2) is 0 Å². The van der Waals surface area contributed by atoms with Gasteiger partial charge in [0, 0.05) is 0 Å². The van der Waals surface area contributed by atoms with Crippen LogP contribution in [0.3, 0.4) is 0 Å². The molecule has 0 heterocycles. The number of benzene rings is 1. The first-order valence-corrected chi connectivity index (χ1v) is 8.45. The first-order chi connectivity index (χ1) is 9.65. The molecule has 1 aliphatic rings. The lowest BCUT2D eigenvalue weighted by Gasteiger charge is -2.36. The Kier molecular flexibility index (Phi) is 5.65. The quantitative estimate of drug-likeness (QED) is 0.796. The zero-order chi connectivity index (χ0) is 14.5. The highest BCUT2D eigenvalue weighted by Gasteiger charge is 2.30. The summed E-state index contributed by atoms with van der Waals surface area (Å²) in [5.41, 5.74) is 8.99. The largest absolute Gasteiger partial charge is 0.330 e. The van der Waals surface area contributed by atoms with Crippen LogP contribution in [0.5, 0.6) is 0 Å². The number of rotatable bonds is 5. The minimum atomic E-state index is 0.619. The van der Waals surface area contributed by atoms with Crippen molar-refractivity contribution in [1.82, 2.24) is 0 Å². The third-order valence-corrected chi connectivity index (χ3v) is 5.13. The highest BCUT2D eigenvalue weighted by molar-refractivity contribution is 5.28. The van der Waals surface area contributed by atoms with Crippen LogP contribution in [0.2, 0.25) is 0 Å². The summed E-state index contributed by atoms with van der Waals surface area (Å²) in [6.07, 6.45) is 6.75. The SMILES string of the molecule is CCCC1CCC(CN)C(c2ccc(C(C)C)cc2)C1. The maximum absolute atomic E-state index is 6.03. The maximum Gasteiger partial charge on any atom is -0.00430 e. The summed E-state index contributed by atoms with van der Waals surface area (Å²) in [6, 6.07) is 9.35. The Balaban J connectivity index is 2.13. The topological polar surface area (TPSA) is 26.0 Å². The van der Waals surface area contributed by atoms with Crippen LogP contribution in [-0.2, 0) is 0 Å². The van der Waals surface area contributed by atoms with Crippen LogP contribution in [0.1, 0.15) is 75.8 Å². The van der Waals surface area contributed by atoms with Crippen molar-refractivity contribution in [2.75, 3.05) is 6.54 Å². The van der Waals surface area contributed by atoms with E-state index in [4.69, 9.17) is 5.73 Å². The Labute approximate surface area is 125 Å². The van der Waals surface area contributed by atoms with E-state index in [9.17, 15) is 0 Å². The van der Waals surface area contributed by atoms with Gasteiger partial charge in [-0.05, 0) is 54.2 Å². The predicted molar refractivity (Wildman–Crippen MR) is 88.1 cm³/mol. The van der Waals surface area contributed by atoms with Gasteiger partial charge in [0.2, 0.25) is 0 Å². The second-order valence-corrected chi connectivity index (χ2v) is 6.89. The fourth-order valence-corrected chi connectivity index (χ4v) is 3.81. The molecule has 2 rings (SSSR count). The molecule has 0 spiro atoms. The van der Waals surface area contributed by atoms with E-state index in [-0.39, 0.29) is 0 Å². The van der Waals surface area contributed by atoms with Crippen molar-refractivity contribution in [2.24, 2.45) is 17.6 Å². The van der Waals surface area contributed by atoms with Gasteiger partial charge in [-0.2, -0.15) is 0 Å². The lowest BCUT2D eigenvalue weighted by Crippen LogP contribution is -2.29. The molecule has 1 saturated carbocycles. The van der Waals surface area contributed by atoms with Crippen LogP contribution in [0, 0.1) is 11.8 Å². The summed E-state index contributed by atoms with van der Waals surface area (Å²) in [6.45, 7) is 7.67. The molecule has 1 nitrogen and oxygen atoms in total. The van der Waals surface area contributed by atoms with Crippen molar-refractivity contribution in [1.29, 1.82) is 0 Å². The molecular formula is C19H31N. The second-order valence-electron chi connectivity index (χ2n) is 6.89. The minimum absolute atomic E-state index is 0.619. The maximum atomic E-state index is 6.03. The Morgan fingerprint density at radius 2 is 1.85 bits per heavy atom. The highest BCUT2D eigenvalue weighted by Crippen LogP contribution is 2.41. The van der Waals surface area contributed by atoms with Crippen molar-refractivity contribution in [3.05, 3.63) is 35.4 Å². The number of nitrogens with two attached hydrogens (primary N) is 1. The fraction of sp³-hybridized carbons (Fsp3) is 0.684. The van der Waals surface area contributed by atoms with Gasteiger partial charge >= 0.3 is 0 Å². The van der Waals surface area contributed by atoms with Crippen LogP contribution in [0.4, 0.5) is 0 Å². The van der Waals surface area contributed by atoms with E-state index in [1.165, 1.54) is 43.2 Å². The van der Waals surface area contributed by atoms with Gasteiger partial charge in [-0.15, -0.1) is 0 Å². The normalized spacial score (nSPS) is 26.9. The molecule has 112 valence electrons. The standard InChI is InChI=1S/C19H31N/c1-4-5-15-6-7-18(13-20)19(12-15)17-10-8-16(9-11-17)14(2)3/h8-11,14-15,18-19H,4-7,12-13,20H2,1-3H3. The van der Waals surface area contributed by atoms with E-state index in [0.29, 0.717) is 17.8 Å². The molecule has 0 amide bonds. The van der Waals surface area contributed by atoms with Crippen molar-refractivity contribution >= 4 is 0 Å². The van der Waals surface area contributed by atoms with Crippen molar-refractivity contribution in [3.63, 3.8) is 0 Å². The highest BCUT2D eigenvalue weighted by atomic mass is 14.6. The Bertz CT molecular complexity index is 393. The smallest absolute Gasteiger partial charge is 0.00430 e. The first kappa shape index (κ1) is 15.6. The van der Waals surface area contributed by atoms with Crippen LogP contribution >= 0.6 is 0 Å². The lowest BCUT2D eigenvalue weighted by atomic mass is 9.70. The van der Waals surface area contributed by atoms with Gasteiger partial charge < -0.3 is 5.73 Å². The van der Waals surface area contributed by atoms with Crippen LogP contribution in [0.15, 0.2) is 24.3 Å². The van der Waals surface area contributed by atoms with E-state index in [2.05, 4.69) is 45.0 Å². The van der Waals surface area contributed by atoms with E-state index in [1.54, 1.807) is 0 Å². The van der Waals surface area contributed by atoms with E-state index in [1.807, 2.05) is 0 Å². The molecule has 0 aromatic heterocycles. The number of hydrogen-bond acceptors (Lipinski definition) is 1. The molecule has 1 heteroatoms. The first-order valence-electron chi connectivity index (χ1n) is 8.45. The summed E-state index contributed by atoms with van der Waals surface area (Å²) < 4.78 is 0. The third kappa shape index (κ3) is 3.63. The van der Waals surface area contributed by atoms with E-state index < -0.39 is 0 Å². The second kappa shape index (κ2) is 7.26. The monoisotopic (exact) mass is 273 g/mol. The van der Waals surface area contributed by atoms with Gasteiger partial charge in [-0.25, -0.2) is 0 Å². The summed E-state index contributed by atoms with van der Waals surface area (Å²) in [7, 11) is 0. The van der Waals surface area contributed by atoms with Crippen LogP contribution in [-0.4, -0.2) is 6.54 Å². The molecule has 1 fully saturated rings. The molecule has 3 unspecified atom stereocenters. The molecule has 1 aromatic carbocycles. The van der Waals surface area contributed by atoms with E-state index in [0.717, 1.165) is 12.5 Å². The summed E-state index contributed by atoms with van der Waals surface area (Å²) in [4.78, 5) is 0. The fourth-order valence-electron chi connectivity index (χ4n) is 3.81. The van der Waals surface area contributed by atoms with Gasteiger partial charge in [-0.3, -0.25) is 0 Å². The molecule has 20 heavy (non-hydrogen) atoms.